The number of benzene rings is 3. The van der Waals surface area contributed by atoms with Crippen molar-refractivity contribution in [2.75, 3.05) is 19.0 Å². The van der Waals surface area contributed by atoms with Crippen molar-refractivity contribution < 1.29 is 33.4 Å². The standard InChI is InChI=1S/C31H28N2O7S/c1-20(34)38-17-23-19-41-30-26(32-25(35)18-39-24-15-9-4-10-16-24)29(36)33(30)27(23)31(37)40-28(21-11-5-2-6-12-21)22-13-7-3-8-14-22/h2-16,26,28,30H,17-19H2,1H3,(H,32,35)/t26-,30-/m1/s1. The first-order chi connectivity index (χ1) is 19.9. The number of β-lactam (4-membered cyclic amide) rings is 1. The van der Waals surface area contributed by atoms with E-state index < -0.39 is 41.3 Å². The molecule has 0 spiro atoms. The molecular weight excluding hydrogens is 544 g/mol. The first kappa shape index (κ1) is 28.0. The SMILES string of the molecule is CC(=O)OCC1=C(C(=O)OC(c2ccccc2)c2ccccc2)N2C(=O)[C@@H](NC(=O)COc3ccccc3)[C@H]2SC1. The van der Waals surface area contributed by atoms with E-state index in [1.807, 2.05) is 66.7 Å². The molecule has 210 valence electrons. The number of carbonyl (C=O) groups is 4. The Labute approximate surface area is 241 Å². The molecule has 41 heavy (non-hydrogen) atoms. The zero-order valence-electron chi connectivity index (χ0n) is 22.2. The molecule has 3 aromatic carbocycles. The molecule has 2 heterocycles. The zero-order valence-corrected chi connectivity index (χ0v) is 23.0. The minimum absolute atomic E-state index is 0.0305. The number of esters is 2. The van der Waals surface area contributed by atoms with E-state index in [0.717, 1.165) is 11.1 Å². The fraction of sp³-hybridized carbons (Fsp3) is 0.226. The highest BCUT2D eigenvalue weighted by molar-refractivity contribution is 8.00. The number of amides is 2. The van der Waals surface area contributed by atoms with E-state index in [9.17, 15) is 19.2 Å². The molecule has 0 aromatic heterocycles. The lowest BCUT2D eigenvalue weighted by molar-refractivity contribution is -0.155. The van der Waals surface area contributed by atoms with Gasteiger partial charge < -0.3 is 19.5 Å². The summed E-state index contributed by atoms with van der Waals surface area (Å²) in [4.78, 5) is 52.6. The highest BCUT2D eigenvalue weighted by Gasteiger charge is 2.54. The van der Waals surface area contributed by atoms with E-state index >= 15 is 0 Å². The largest absolute Gasteiger partial charge is 0.484 e. The number of hydrogen-bond acceptors (Lipinski definition) is 8. The van der Waals surface area contributed by atoms with Gasteiger partial charge in [0, 0.05) is 18.2 Å². The third-order valence-corrected chi connectivity index (χ3v) is 7.89. The van der Waals surface area contributed by atoms with Crippen LogP contribution in [-0.4, -0.2) is 59.0 Å². The average Bonchev–Trinajstić information content (AvgIpc) is 3.01. The molecule has 9 nitrogen and oxygen atoms in total. The van der Waals surface area contributed by atoms with Gasteiger partial charge in [0.1, 0.15) is 29.5 Å². The Kier molecular flexibility index (Phi) is 8.69. The number of thioether (sulfide) groups is 1. The summed E-state index contributed by atoms with van der Waals surface area (Å²) >= 11 is 1.37. The van der Waals surface area contributed by atoms with Crippen LogP contribution in [0.1, 0.15) is 24.2 Å². The Balaban J connectivity index is 1.35. The van der Waals surface area contributed by atoms with Gasteiger partial charge in [0.05, 0.1) is 0 Å². The first-order valence-electron chi connectivity index (χ1n) is 13.0. The van der Waals surface area contributed by atoms with Crippen molar-refractivity contribution in [3.63, 3.8) is 0 Å². The van der Waals surface area contributed by atoms with Crippen LogP contribution < -0.4 is 10.1 Å². The van der Waals surface area contributed by atoms with Crippen molar-refractivity contribution in [2.45, 2.75) is 24.4 Å². The molecular formula is C31H28N2O7S. The summed E-state index contributed by atoms with van der Waals surface area (Å²) in [6.45, 7) is 0.853. The molecule has 0 radical (unpaired) electrons. The summed E-state index contributed by atoms with van der Waals surface area (Å²) < 4.78 is 16.7. The van der Waals surface area contributed by atoms with Crippen LogP contribution in [-0.2, 0) is 28.7 Å². The molecule has 5 rings (SSSR count). The molecule has 2 amide bonds. The second kappa shape index (κ2) is 12.7. The van der Waals surface area contributed by atoms with E-state index in [1.54, 1.807) is 24.3 Å². The molecule has 3 aromatic rings. The topological polar surface area (TPSA) is 111 Å². The van der Waals surface area contributed by atoms with Gasteiger partial charge in [0.2, 0.25) is 0 Å². The van der Waals surface area contributed by atoms with Gasteiger partial charge in [-0.05, 0) is 23.3 Å². The van der Waals surface area contributed by atoms with Crippen molar-refractivity contribution >= 4 is 35.5 Å². The van der Waals surface area contributed by atoms with Gasteiger partial charge in [-0.1, -0.05) is 78.9 Å². The Morgan fingerprint density at radius 1 is 0.927 bits per heavy atom. The van der Waals surface area contributed by atoms with E-state index in [1.165, 1.54) is 23.6 Å². The quantitative estimate of drug-likeness (QED) is 0.290. The second-order valence-electron chi connectivity index (χ2n) is 9.40. The van der Waals surface area contributed by atoms with Crippen LogP contribution in [0, 0.1) is 0 Å². The lowest BCUT2D eigenvalue weighted by atomic mass is 10.0. The molecule has 2 aliphatic rings. The van der Waals surface area contributed by atoms with Crippen molar-refractivity contribution in [3.8, 4) is 5.75 Å². The fourth-order valence-corrected chi connectivity index (χ4v) is 5.93. The summed E-state index contributed by atoms with van der Waals surface area (Å²) in [5.41, 5.74) is 2.00. The van der Waals surface area contributed by atoms with E-state index in [0.29, 0.717) is 17.1 Å². The molecule has 1 N–H and O–H groups in total. The molecule has 10 heteroatoms. The van der Waals surface area contributed by atoms with Gasteiger partial charge >= 0.3 is 11.9 Å². The highest BCUT2D eigenvalue weighted by atomic mass is 32.2. The summed E-state index contributed by atoms with van der Waals surface area (Å²) in [5.74, 6) is -1.31. The van der Waals surface area contributed by atoms with Crippen LogP contribution in [0.3, 0.4) is 0 Å². The van der Waals surface area contributed by atoms with Gasteiger partial charge in [-0.3, -0.25) is 19.3 Å². The Morgan fingerprint density at radius 3 is 2.10 bits per heavy atom. The number of hydrogen-bond donors (Lipinski definition) is 1. The van der Waals surface area contributed by atoms with Crippen LogP contribution in [0.5, 0.6) is 5.75 Å². The fourth-order valence-electron chi connectivity index (χ4n) is 4.60. The number of carbonyl (C=O) groups excluding carboxylic acids is 4. The first-order valence-corrected chi connectivity index (χ1v) is 14.1. The van der Waals surface area contributed by atoms with Crippen molar-refractivity contribution in [3.05, 3.63) is 113 Å². The van der Waals surface area contributed by atoms with Crippen molar-refractivity contribution in [2.24, 2.45) is 0 Å². The molecule has 1 fully saturated rings. The Bertz CT molecular complexity index is 1410. The molecule has 1 saturated heterocycles. The van der Waals surface area contributed by atoms with Crippen molar-refractivity contribution in [1.82, 2.24) is 10.2 Å². The van der Waals surface area contributed by atoms with E-state index in [4.69, 9.17) is 14.2 Å². The smallest absolute Gasteiger partial charge is 0.356 e. The molecule has 0 unspecified atom stereocenters. The summed E-state index contributed by atoms with van der Waals surface area (Å²) in [7, 11) is 0. The van der Waals surface area contributed by atoms with Gasteiger partial charge in [-0.15, -0.1) is 11.8 Å². The monoisotopic (exact) mass is 572 g/mol. The number of para-hydroxylation sites is 1. The average molecular weight is 573 g/mol. The third-order valence-electron chi connectivity index (χ3n) is 6.55. The predicted octanol–water partition coefficient (Wildman–Crippen LogP) is 3.62. The number of rotatable bonds is 10. The maximum absolute atomic E-state index is 13.8. The number of nitrogens with one attached hydrogen (secondary N) is 1. The second-order valence-corrected chi connectivity index (χ2v) is 10.5. The Hall–Kier alpha value is -4.57. The normalized spacial score (nSPS) is 17.8. The van der Waals surface area contributed by atoms with Crippen LogP contribution >= 0.6 is 11.8 Å². The third kappa shape index (κ3) is 6.44. The summed E-state index contributed by atoms with van der Waals surface area (Å²) in [6, 6.07) is 26.6. The number of fused-ring (bicyclic) bond motifs is 1. The molecule has 0 bridgehead atoms. The molecule has 0 aliphatic carbocycles. The number of ether oxygens (including phenoxy) is 3. The summed E-state index contributed by atoms with van der Waals surface area (Å²) in [5, 5.41) is 2.19. The van der Waals surface area contributed by atoms with E-state index in [-0.39, 0.29) is 18.9 Å². The van der Waals surface area contributed by atoms with Gasteiger partial charge in [-0.2, -0.15) is 0 Å². The van der Waals surface area contributed by atoms with Crippen LogP contribution in [0.2, 0.25) is 0 Å². The lowest BCUT2D eigenvalue weighted by Crippen LogP contribution is -2.71. The minimum Gasteiger partial charge on any atom is -0.484 e. The maximum atomic E-state index is 13.8. The van der Waals surface area contributed by atoms with E-state index in [2.05, 4.69) is 5.32 Å². The number of nitrogens with zero attached hydrogens (tertiary/aromatic N) is 1. The minimum atomic E-state index is -0.844. The lowest BCUT2D eigenvalue weighted by Gasteiger charge is -2.49. The molecule has 2 atom stereocenters. The highest BCUT2D eigenvalue weighted by Crippen LogP contribution is 2.41. The van der Waals surface area contributed by atoms with Gasteiger partial charge in [-0.25, -0.2) is 4.79 Å². The molecule has 2 aliphatic heterocycles. The van der Waals surface area contributed by atoms with Gasteiger partial charge in [0.15, 0.2) is 12.7 Å². The summed E-state index contributed by atoms with van der Waals surface area (Å²) in [6.07, 6.45) is -0.734. The van der Waals surface area contributed by atoms with Crippen LogP contribution in [0.25, 0.3) is 0 Å². The zero-order chi connectivity index (χ0) is 28.8. The van der Waals surface area contributed by atoms with Crippen molar-refractivity contribution in [1.29, 1.82) is 0 Å². The predicted molar refractivity (Wildman–Crippen MR) is 151 cm³/mol. The molecule has 0 saturated carbocycles. The van der Waals surface area contributed by atoms with Gasteiger partial charge in [0.25, 0.3) is 11.8 Å². The van der Waals surface area contributed by atoms with Crippen LogP contribution in [0.4, 0.5) is 0 Å². The van der Waals surface area contributed by atoms with Crippen LogP contribution in [0.15, 0.2) is 102 Å². The Morgan fingerprint density at radius 2 is 1.51 bits per heavy atom. The maximum Gasteiger partial charge on any atom is 0.356 e.